The summed E-state index contributed by atoms with van der Waals surface area (Å²) in [4.78, 5) is 0. The van der Waals surface area contributed by atoms with Crippen molar-refractivity contribution in [3.8, 4) is 0 Å². The third-order valence-corrected chi connectivity index (χ3v) is 3.51. The van der Waals surface area contributed by atoms with E-state index in [1.807, 2.05) is 0 Å². The smallest absolute Gasteiger partial charge is 0.00436 e. The third-order valence-electron chi connectivity index (χ3n) is 3.51. The molecule has 1 N–H and O–H groups in total. The van der Waals surface area contributed by atoms with E-state index in [1.54, 1.807) is 0 Å². The van der Waals surface area contributed by atoms with Gasteiger partial charge in [-0.05, 0) is 57.0 Å². The van der Waals surface area contributed by atoms with Gasteiger partial charge in [-0.2, -0.15) is 0 Å². The minimum Gasteiger partial charge on any atom is -0.317 e. The molecule has 1 saturated heterocycles. The summed E-state index contributed by atoms with van der Waals surface area (Å²) < 4.78 is 0. The highest BCUT2D eigenvalue weighted by Gasteiger charge is 2.30. The van der Waals surface area contributed by atoms with E-state index < -0.39 is 0 Å². The van der Waals surface area contributed by atoms with Crippen LogP contribution in [0.4, 0.5) is 0 Å². The Morgan fingerprint density at radius 1 is 0.833 bits per heavy atom. The molecule has 0 amide bonds. The fourth-order valence-corrected chi connectivity index (χ4v) is 2.60. The van der Waals surface area contributed by atoms with Crippen molar-refractivity contribution in [1.82, 2.24) is 5.32 Å². The molecule has 1 aliphatic carbocycles. The number of piperidine rings is 1. The van der Waals surface area contributed by atoms with E-state index in [4.69, 9.17) is 0 Å². The van der Waals surface area contributed by atoms with E-state index in [1.165, 1.54) is 51.6 Å². The van der Waals surface area contributed by atoms with Crippen LogP contribution in [0.1, 0.15) is 38.5 Å². The molecule has 0 radical (unpaired) electrons. The lowest BCUT2D eigenvalue weighted by Crippen LogP contribution is -2.36. The summed E-state index contributed by atoms with van der Waals surface area (Å²) in [6.07, 6.45) is 13.1. The molecular formula is C11H19N. The molecule has 0 aromatic rings. The SMILES string of the molecule is C1=CCCC2(CC1)CCNCC2. The zero-order valence-corrected chi connectivity index (χ0v) is 7.81. The maximum Gasteiger partial charge on any atom is -0.00436 e. The summed E-state index contributed by atoms with van der Waals surface area (Å²) in [6.45, 7) is 2.50. The average Bonchev–Trinajstić information content (AvgIpc) is 2.33. The van der Waals surface area contributed by atoms with Gasteiger partial charge < -0.3 is 5.32 Å². The molecule has 0 bridgehead atoms. The van der Waals surface area contributed by atoms with Crippen LogP contribution in [-0.2, 0) is 0 Å². The monoisotopic (exact) mass is 165 g/mol. The van der Waals surface area contributed by atoms with Crippen LogP contribution >= 0.6 is 0 Å². The zero-order valence-electron chi connectivity index (χ0n) is 7.81. The lowest BCUT2D eigenvalue weighted by Gasteiger charge is -2.37. The summed E-state index contributed by atoms with van der Waals surface area (Å²) >= 11 is 0. The van der Waals surface area contributed by atoms with Gasteiger partial charge >= 0.3 is 0 Å². The topological polar surface area (TPSA) is 12.0 Å². The van der Waals surface area contributed by atoms with Gasteiger partial charge in [0.05, 0.1) is 0 Å². The van der Waals surface area contributed by atoms with Crippen LogP contribution in [0.15, 0.2) is 12.2 Å². The quantitative estimate of drug-likeness (QED) is 0.544. The van der Waals surface area contributed by atoms with E-state index in [0.717, 1.165) is 5.41 Å². The zero-order chi connectivity index (χ0) is 8.28. The first-order valence-corrected chi connectivity index (χ1v) is 5.27. The number of rotatable bonds is 0. The maximum atomic E-state index is 3.46. The summed E-state index contributed by atoms with van der Waals surface area (Å²) in [6, 6.07) is 0. The van der Waals surface area contributed by atoms with Gasteiger partial charge in [0.2, 0.25) is 0 Å². The maximum absolute atomic E-state index is 3.46. The Labute approximate surface area is 75.2 Å². The Morgan fingerprint density at radius 2 is 1.42 bits per heavy atom. The van der Waals surface area contributed by atoms with Crippen LogP contribution in [0.5, 0.6) is 0 Å². The molecule has 1 spiro atoms. The molecule has 12 heavy (non-hydrogen) atoms. The highest BCUT2D eigenvalue weighted by atomic mass is 14.9. The van der Waals surface area contributed by atoms with Gasteiger partial charge in [0.15, 0.2) is 0 Å². The van der Waals surface area contributed by atoms with E-state index in [2.05, 4.69) is 17.5 Å². The van der Waals surface area contributed by atoms with Crippen molar-refractivity contribution in [2.45, 2.75) is 38.5 Å². The lowest BCUT2D eigenvalue weighted by molar-refractivity contribution is 0.175. The Bertz CT molecular complexity index is 154. The van der Waals surface area contributed by atoms with Crippen molar-refractivity contribution < 1.29 is 0 Å². The second-order valence-corrected chi connectivity index (χ2v) is 4.30. The fourth-order valence-electron chi connectivity index (χ4n) is 2.60. The summed E-state index contributed by atoms with van der Waals surface area (Å²) in [5, 5.41) is 3.46. The Kier molecular flexibility index (Phi) is 2.50. The Morgan fingerprint density at radius 3 is 2.00 bits per heavy atom. The van der Waals surface area contributed by atoms with E-state index >= 15 is 0 Å². The highest BCUT2D eigenvalue weighted by molar-refractivity contribution is 4.94. The first-order chi connectivity index (χ1) is 5.91. The molecular weight excluding hydrogens is 146 g/mol. The predicted octanol–water partition coefficient (Wildman–Crippen LogP) is 2.49. The van der Waals surface area contributed by atoms with E-state index in [-0.39, 0.29) is 0 Å². The van der Waals surface area contributed by atoms with Gasteiger partial charge in [-0.15, -0.1) is 0 Å². The second kappa shape index (κ2) is 3.61. The number of allylic oxidation sites excluding steroid dienone is 2. The second-order valence-electron chi connectivity index (χ2n) is 4.30. The molecule has 1 heteroatoms. The van der Waals surface area contributed by atoms with Crippen LogP contribution in [0, 0.1) is 5.41 Å². The lowest BCUT2D eigenvalue weighted by atomic mass is 9.73. The van der Waals surface area contributed by atoms with Crippen LogP contribution in [-0.4, -0.2) is 13.1 Å². The van der Waals surface area contributed by atoms with Crippen molar-refractivity contribution in [3.63, 3.8) is 0 Å². The van der Waals surface area contributed by atoms with Crippen LogP contribution in [0.2, 0.25) is 0 Å². The fraction of sp³-hybridized carbons (Fsp3) is 0.818. The van der Waals surface area contributed by atoms with Crippen LogP contribution < -0.4 is 5.32 Å². The van der Waals surface area contributed by atoms with Crippen molar-refractivity contribution in [2.24, 2.45) is 5.41 Å². The van der Waals surface area contributed by atoms with Gasteiger partial charge in [0.1, 0.15) is 0 Å². The number of hydrogen-bond acceptors (Lipinski definition) is 1. The minimum absolute atomic E-state index is 0.717. The molecule has 1 heterocycles. The largest absolute Gasteiger partial charge is 0.317 e. The molecule has 0 atom stereocenters. The number of hydrogen-bond donors (Lipinski definition) is 1. The van der Waals surface area contributed by atoms with E-state index in [9.17, 15) is 0 Å². The molecule has 0 aromatic carbocycles. The van der Waals surface area contributed by atoms with Crippen molar-refractivity contribution in [2.75, 3.05) is 13.1 Å². The highest BCUT2D eigenvalue weighted by Crippen LogP contribution is 2.40. The molecule has 0 saturated carbocycles. The van der Waals surface area contributed by atoms with Gasteiger partial charge in [-0.25, -0.2) is 0 Å². The van der Waals surface area contributed by atoms with Crippen LogP contribution in [0.25, 0.3) is 0 Å². The third kappa shape index (κ3) is 1.71. The molecule has 2 aliphatic rings. The van der Waals surface area contributed by atoms with Crippen LogP contribution in [0.3, 0.4) is 0 Å². The molecule has 1 fully saturated rings. The molecule has 1 aliphatic heterocycles. The average molecular weight is 165 g/mol. The van der Waals surface area contributed by atoms with E-state index in [0.29, 0.717) is 0 Å². The van der Waals surface area contributed by atoms with Crippen molar-refractivity contribution >= 4 is 0 Å². The normalized spacial score (nSPS) is 28.7. The molecule has 68 valence electrons. The first kappa shape index (κ1) is 8.31. The Balaban J connectivity index is 1.98. The summed E-state index contributed by atoms with van der Waals surface area (Å²) in [7, 11) is 0. The molecule has 0 aromatic heterocycles. The first-order valence-electron chi connectivity index (χ1n) is 5.27. The molecule has 2 rings (SSSR count). The summed E-state index contributed by atoms with van der Waals surface area (Å²) in [5.74, 6) is 0. The predicted molar refractivity (Wildman–Crippen MR) is 52.1 cm³/mol. The van der Waals surface area contributed by atoms with Crippen molar-refractivity contribution in [1.29, 1.82) is 0 Å². The van der Waals surface area contributed by atoms with Gasteiger partial charge in [0.25, 0.3) is 0 Å². The van der Waals surface area contributed by atoms with Gasteiger partial charge in [-0.3, -0.25) is 0 Å². The standard InChI is InChI=1S/C11H19N/c1-2-4-6-11(5-3-1)7-9-12-10-8-11/h1-2,12H,3-10H2. The number of nitrogens with one attached hydrogen (secondary N) is 1. The van der Waals surface area contributed by atoms with Gasteiger partial charge in [-0.1, -0.05) is 12.2 Å². The minimum atomic E-state index is 0.717. The van der Waals surface area contributed by atoms with Gasteiger partial charge in [0, 0.05) is 0 Å². The Hall–Kier alpha value is -0.300. The molecule has 1 nitrogen and oxygen atoms in total. The van der Waals surface area contributed by atoms with Crippen molar-refractivity contribution in [3.05, 3.63) is 12.2 Å². The summed E-state index contributed by atoms with van der Waals surface area (Å²) in [5.41, 5.74) is 0.717. The molecule has 0 unspecified atom stereocenters.